The van der Waals surface area contributed by atoms with Crippen molar-refractivity contribution in [3.63, 3.8) is 0 Å². The lowest BCUT2D eigenvalue weighted by atomic mass is 9.89. The van der Waals surface area contributed by atoms with Crippen molar-refractivity contribution in [1.29, 1.82) is 0 Å². The van der Waals surface area contributed by atoms with E-state index in [4.69, 9.17) is 14.9 Å². The van der Waals surface area contributed by atoms with Crippen molar-refractivity contribution in [1.82, 2.24) is 14.9 Å². The number of nitrogens with zero attached hydrogens (tertiary/aromatic N) is 1. The van der Waals surface area contributed by atoms with E-state index in [2.05, 4.69) is 14.9 Å². The van der Waals surface area contributed by atoms with Crippen molar-refractivity contribution in [2.24, 2.45) is 0 Å². The number of rotatable bonds is 7. The van der Waals surface area contributed by atoms with Crippen LogP contribution < -0.4 is 20.9 Å². The van der Waals surface area contributed by atoms with Gasteiger partial charge < -0.3 is 14.9 Å². The van der Waals surface area contributed by atoms with E-state index < -0.39 is 33.6 Å². The van der Waals surface area contributed by atoms with E-state index in [9.17, 15) is 13.2 Å². The highest BCUT2D eigenvalue weighted by atomic mass is 32.2. The molecule has 0 aliphatic rings. The second kappa shape index (κ2) is 8.68. The molecule has 172 valence electrons. The Kier molecular flexibility index (Phi) is 5.91. The summed E-state index contributed by atoms with van der Waals surface area (Å²) in [4.78, 5) is 11.4. The molecule has 1 aromatic heterocycles. The van der Waals surface area contributed by atoms with E-state index >= 15 is 4.39 Å². The van der Waals surface area contributed by atoms with Gasteiger partial charge in [-0.15, -0.1) is 5.10 Å². The smallest absolute Gasteiger partial charge is 0.434 e. The van der Waals surface area contributed by atoms with Crippen molar-refractivity contribution in [2.75, 3.05) is 12.8 Å². The monoisotopic (exact) mass is 472 g/mol. The molecule has 33 heavy (non-hydrogen) atoms. The maximum atomic E-state index is 15.0. The number of hydrogen-bond acceptors (Lipinski definition) is 7. The predicted octanol–water partition coefficient (Wildman–Crippen LogP) is 3.07. The number of nitrogens with one attached hydrogen (secondary N) is 2. The zero-order valence-corrected chi connectivity index (χ0v) is 18.5. The third-order valence-corrected chi connectivity index (χ3v) is 6.83. The van der Waals surface area contributed by atoms with E-state index in [0.29, 0.717) is 11.1 Å². The third-order valence-electron chi connectivity index (χ3n) is 5.35. The number of sulfonamides is 1. The molecule has 11 heteroatoms. The van der Waals surface area contributed by atoms with Crippen LogP contribution in [0.15, 0.2) is 68.7 Å². The number of hydrogen-bond donors (Lipinski definition) is 3. The first-order valence-corrected chi connectivity index (χ1v) is 11.4. The SMILES string of the molecule is COc1cc(N)ccc1S(=O)(=O)N[C@H](c1n[nH]c(=O)o1)[C@H](C)c1c(F)ccc2ccccc12. The molecule has 1 heterocycles. The standard InChI is InChI=1S/C22H21FN4O5S/c1-12(19-15-6-4-3-5-13(15)7-9-16(19)23)20(21-25-26-22(28)32-21)27-33(29,30)18-10-8-14(24)11-17(18)31-2/h3-12,20,27H,24H2,1-2H3,(H,26,28)/t12-,20+/m1/s1. The highest BCUT2D eigenvalue weighted by molar-refractivity contribution is 7.89. The molecule has 3 aromatic carbocycles. The second-order valence-corrected chi connectivity index (χ2v) is 9.11. The summed E-state index contributed by atoms with van der Waals surface area (Å²) in [6.07, 6.45) is 0. The maximum absolute atomic E-state index is 15.0. The van der Waals surface area contributed by atoms with E-state index in [-0.39, 0.29) is 22.1 Å². The van der Waals surface area contributed by atoms with Gasteiger partial charge in [-0.25, -0.2) is 22.7 Å². The van der Waals surface area contributed by atoms with Gasteiger partial charge in [0.2, 0.25) is 15.9 Å². The molecule has 0 aliphatic heterocycles. The quantitative estimate of drug-likeness (QED) is 0.351. The molecule has 0 radical (unpaired) electrons. The number of aromatic nitrogens is 2. The van der Waals surface area contributed by atoms with Crippen LogP contribution in [-0.4, -0.2) is 25.7 Å². The molecule has 4 aromatic rings. The first-order chi connectivity index (χ1) is 15.7. The Morgan fingerprint density at radius 3 is 2.64 bits per heavy atom. The van der Waals surface area contributed by atoms with Crippen molar-refractivity contribution >= 4 is 26.5 Å². The van der Waals surface area contributed by atoms with Crippen LogP contribution in [0.3, 0.4) is 0 Å². The van der Waals surface area contributed by atoms with E-state index in [1.165, 1.54) is 31.4 Å². The first kappa shape index (κ1) is 22.5. The summed E-state index contributed by atoms with van der Waals surface area (Å²) in [5, 5.41) is 7.29. The summed E-state index contributed by atoms with van der Waals surface area (Å²) in [7, 11) is -2.93. The molecule has 0 fully saturated rings. The van der Waals surface area contributed by atoms with Gasteiger partial charge in [0, 0.05) is 23.2 Å². The predicted molar refractivity (Wildman–Crippen MR) is 120 cm³/mol. The fraction of sp³-hybridized carbons (Fsp3) is 0.182. The summed E-state index contributed by atoms with van der Waals surface area (Å²) in [6.45, 7) is 1.62. The highest BCUT2D eigenvalue weighted by Gasteiger charge is 2.34. The molecule has 9 nitrogen and oxygen atoms in total. The first-order valence-electron chi connectivity index (χ1n) is 9.89. The second-order valence-electron chi connectivity index (χ2n) is 7.43. The van der Waals surface area contributed by atoms with Crippen LogP contribution in [0.5, 0.6) is 5.75 Å². The molecule has 0 aliphatic carbocycles. The number of halogens is 1. The van der Waals surface area contributed by atoms with Gasteiger partial charge >= 0.3 is 5.76 Å². The topological polar surface area (TPSA) is 140 Å². The van der Waals surface area contributed by atoms with E-state index in [1.54, 1.807) is 25.1 Å². The summed E-state index contributed by atoms with van der Waals surface area (Å²) in [5.41, 5.74) is 6.29. The molecule has 0 saturated heterocycles. The molecule has 4 N–H and O–H groups in total. The largest absolute Gasteiger partial charge is 0.495 e. The molecular weight excluding hydrogens is 451 g/mol. The molecule has 0 unspecified atom stereocenters. The van der Waals surface area contributed by atoms with Gasteiger partial charge in [0.15, 0.2) is 0 Å². The van der Waals surface area contributed by atoms with Crippen LogP contribution in [-0.2, 0) is 10.0 Å². The van der Waals surface area contributed by atoms with Crippen molar-refractivity contribution in [3.05, 3.63) is 82.4 Å². The zero-order valence-electron chi connectivity index (χ0n) is 17.7. The number of methoxy groups -OCH3 is 1. The molecule has 0 bridgehead atoms. The van der Waals surface area contributed by atoms with Crippen molar-refractivity contribution in [2.45, 2.75) is 23.8 Å². The Balaban J connectivity index is 1.84. The Morgan fingerprint density at radius 1 is 1.18 bits per heavy atom. The Hall–Kier alpha value is -3.70. The minimum atomic E-state index is -4.25. The van der Waals surface area contributed by atoms with Crippen LogP contribution in [0, 0.1) is 5.82 Å². The molecule has 2 atom stereocenters. The summed E-state index contributed by atoms with van der Waals surface area (Å²) in [5.74, 6) is -2.44. The summed E-state index contributed by atoms with van der Waals surface area (Å²) in [6, 6.07) is 12.9. The Bertz CT molecular complexity index is 1480. The Labute approximate surface area is 188 Å². The van der Waals surface area contributed by atoms with Crippen LogP contribution in [0.1, 0.15) is 30.3 Å². The van der Waals surface area contributed by atoms with Crippen LogP contribution in [0.2, 0.25) is 0 Å². The number of benzene rings is 3. The van der Waals surface area contributed by atoms with Gasteiger partial charge in [-0.1, -0.05) is 37.3 Å². The fourth-order valence-electron chi connectivity index (χ4n) is 3.78. The molecular formula is C22H21FN4O5S. The van der Waals surface area contributed by atoms with Crippen molar-refractivity contribution in [3.8, 4) is 5.75 Å². The van der Waals surface area contributed by atoms with Gasteiger partial charge in [0.25, 0.3) is 0 Å². The number of ether oxygens (including phenoxy) is 1. The third kappa shape index (κ3) is 4.32. The minimum Gasteiger partial charge on any atom is -0.495 e. The van der Waals surface area contributed by atoms with Crippen molar-refractivity contribution < 1.29 is 22.0 Å². The minimum absolute atomic E-state index is 0.0220. The molecule has 0 saturated carbocycles. The van der Waals surface area contributed by atoms with Crippen LogP contribution in [0.25, 0.3) is 10.8 Å². The number of nitrogens with two attached hydrogens (primary N) is 1. The Morgan fingerprint density at radius 2 is 1.94 bits per heavy atom. The number of aromatic amines is 1. The molecule has 0 spiro atoms. The lowest BCUT2D eigenvalue weighted by Gasteiger charge is -2.24. The number of fused-ring (bicyclic) bond motifs is 1. The number of H-pyrrole nitrogens is 1. The van der Waals surface area contributed by atoms with E-state index in [1.807, 2.05) is 12.1 Å². The zero-order chi connectivity index (χ0) is 23.8. The number of nitrogen functional groups attached to an aromatic ring is 1. The summed E-state index contributed by atoms with van der Waals surface area (Å²) < 4.78 is 54.4. The number of anilines is 1. The van der Waals surface area contributed by atoms with Gasteiger partial charge in [-0.3, -0.25) is 0 Å². The average Bonchev–Trinajstić information content (AvgIpc) is 3.22. The normalized spacial score (nSPS) is 13.7. The molecule has 4 rings (SSSR count). The molecule has 0 amide bonds. The van der Waals surface area contributed by atoms with Gasteiger partial charge in [-0.05, 0) is 29.0 Å². The lowest BCUT2D eigenvalue weighted by molar-refractivity contribution is 0.376. The highest BCUT2D eigenvalue weighted by Crippen LogP contribution is 2.37. The van der Waals surface area contributed by atoms with Crippen LogP contribution >= 0.6 is 0 Å². The van der Waals surface area contributed by atoms with Crippen LogP contribution in [0.4, 0.5) is 10.1 Å². The average molecular weight is 472 g/mol. The summed E-state index contributed by atoms with van der Waals surface area (Å²) >= 11 is 0. The van der Waals surface area contributed by atoms with Gasteiger partial charge in [-0.2, -0.15) is 4.72 Å². The fourth-order valence-corrected chi connectivity index (χ4v) is 5.20. The van der Waals surface area contributed by atoms with Gasteiger partial charge in [0.1, 0.15) is 22.5 Å². The lowest BCUT2D eigenvalue weighted by Crippen LogP contribution is -2.33. The maximum Gasteiger partial charge on any atom is 0.434 e. The van der Waals surface area contributed by atoms with E-state index in [0.717, 1.165) is 5.39 Å². The van der Waals surface area contributed by atoms with Gasteiger partial charge in [0.05, 0.1) is 7.11 Å².